The summed E-state index contributed by atoms with van der Waals surface area (Å²) in [4.78, 5) is 37.5. The molecule has 32 heavy (non-hydrogen) atoms. The van der Waals surface area contributed by atoms with Gasteiger partial charge in [-0.2, -0.15) is 0 Å². The van der Waals surface area contributed by atoms with E-state index in [1.165, 1.54) is 19.3 Å². The minimum atomic E-state index is -0.487. The molecular weight excluding hydrogens is 410 g/mol. The van der Waals surface area contributed by atoms with Gasteiger partial charge >= 0.3 is 5.97 Å². The smallest absolute Gasteiger partial charge is 0.308 e. The Morgan fingerprint density at radius 2 is 1.62 bits per heavy atom. The van der Waals surface area contributed by atoms with E-state index in [-0.39, 0.29) is 36.7 Å². The maximum absolute atomic E-state index is 12.9. The summed E-state index contributed by atoms with van der Waals surface area (Å²) < 4.78 is 16.3. The lowest BCUT2D eigenvalue weighted by molar-refractivity contribution is -0.147. The van der Waals surface area contributed by atoms with E-state index in [2.05, 4.69) is 5.32 Å². The van der Waals surface area contributed by atoms with Gasteiger partial charge in [0.15, 0.2) is 23.9 Å². The van der Waals surface area contributed by atoms with E-state index in [1.54, 1.807) is 18.2 Å². The number of ether oxygens (including phenoxy) is 3. The molecule has 1 aromatic carbocycles. The first-order valence-corrected chi connectivity index (χ1v) is 11.9. The molecule has 4 saturated carbocycles. The number of Topliss-reactive ketones (excluding diaryl/α,β-unsaturated/α-hetero) is 1. The molecular formula is C25H31NO6. The molecule has 1 aromatic rings. The van der Waals surface area contributed by atoms with Crippen LogP contribution in [0.15, 0.2) is 18.2 Å². The summed E-state index contributed by atoms with van der Waals surface area (Å²) in [6, 6.07) is 4.98. The Morgan fingerprint density at radius 3 is 2.31 bits per heavy atom. The van der Waals surface area contributed by atoms with E-state index in [0.717, 1.165) is 25.7 Å². The highest BCUT2D eigenvalue weighted by Gasteiger charge is 2.54. The summed E-state index contributed by atoms with van der Waals surface area (Å²) in [6.07, 6.45) is 7.71. The van der Waals surface area contributed by atoms with Crippen molar-refractivity contribution >= 4 is 17.7 Å². The minimum Gasteiger partial charge on any atom is -0.490 e. The largest absolute Gasteiger partial charge is 0.490 e. The number of carbonyl (C=O) groups excluding carboxylic acids is 3. The van der Waals surface area contributed by atoms with Gasteiger partial charge in [-0.1, -0.05) is 0 Å². The fourth-order valence-electron chi connectivity index (χ4n) is 6.49. The van der Waals surface area contributed by atoms with Gasteiger partial charge in [-0.25, -0.2) is 0 Å². The Morgan fingerprint density at radius 1 is 0.969 bits per heavy atom. The fourth-order valence-corrected chi connectivity index (χ4v) is 6.49. The molecule has 6 rings (SSSR count). The number of carbonyl (C=O) groups is 3. The van der Waals surface area contributed by atoms with Gasteiger partial charge in [0.1, 0.15) is 0 Å². The number of amides is 1. The summed E-state index contributed by atoms with van der Waals surface area (Å²) in [5.41, 5.74) is 0.198. The Bertz CT molecular complexity index is 874. The Hall–Kier alpha value is -2.57. The van der Waals surface area contributed by atoms with E-state index in [1.807, 2.05) is 0 Å². The lowest BCUT2D eigenvalue weighted by Gasteiger charge is -2.55. The van der Waals surface area contributed by atoms with Crippen LogP contribution in [0.25, 0.3) is 0 Å². The SMILES string of the molecule is O=C(CCNC(=O)C12CC3CC(CC(C3)C1)C2)OCC(=O)c1ccc2c(c1)OCCCO2. The molecule has 1 heterocycles. The summed E-state index contributed by atoms with van der Waals surface area (Å²) in [7, 11) is 0. The van der Waals surface area contributed by atoms with Gasteiger partial charge in [-0.15, -0.1) is 0 Å². The van der Waals surface area contributed by atoms with Crippen molar-refractivity contribution in [1.29, 1.82) is 0 Å². The van der Waals surface area contributed by atoms with Gasteiger partial charge < -0.3 is 19.5 Å². The van der Waals surface area contributed by atoms with Crippen molar-refractivity contribution in [3.05, 3.63) is 23.8 Å². The highest BCUT2D eigenvalue weighted by molar-refractivity contribution is 5.98. The normalized spacial score (nSPS) is 29.8. The molecule has 4 aliphatic carbocycles. The molecule has 0 saturated heterocycles. The first-order valence-electron chi connectivity index (χ1n) is 11.9. The standard InChI is InChI=1S/C25H31NO6/c27-20(19-2-3-21-22(11-19)31-7-1-6-30-21)15-32-23(28)4-5-26-24(29)25-12-16-8-17(13-25)10-18(9-16)14-25/h2-3,11,16-18H,1,4-10,12-15H2,(H,26,29). The second-order valence-corrected chi connectivity index (χ2v) is 10.00. The van der Waals surface area contributed by atoms with E-state index in [9.17, 15) is 14.4 Å². The molecule has 4 bridgehead atoms. The summed E-state index contributed by atoms with van der Waals surface area (Å²) in [6.45, 7) is 1.03. The second-order valence-electron chi connectivity index (χ2n) is 10.00. The topological polar surface area (TPSA) is 90.9 Å². The van der Waals surface area contributed by atoms with Crippen molar-refractivity contribution < 1.29 is 28.6 Å². The van der Waals surface area contributed by atoms with E-state index >= 15 is 0 Å². The van der Waals surface area contributed by atoms with Crippen molar-refractivity contribution in [2.75, 3.05) is 26.4 Å². The van der Waals surface area contributed by atoms with Crippen LogP contribution in [0.1, 0.15) is 61.7 Å². The average molecular weight is 442 g/mol. The highest BCUT2D eigenvalue weighted by Crippen LogP contribution is 2.60. The van der Waals surface area contributed by atoms with Crippen molar-refractivity contribution in [3.63, 3.8) is 0 Å². The van der Waals surface area contributed by atoms with Gasteiger partial charge in [0, 0.05) is 23.9 Å². The van der Waals surface area contributed by atoms with Crippen LogP contribution in [0.3, 0.4) is 0 Å². The van der Waals surface area contributed by atoms with Crippen LogP contribution < -0.4 is 14.8 Å². The Kier molecular flexibility index (Phi) is 5.82. The third-order valence-corrected chi connectivity index (χ3v) is 7.57. The monoisotopic (exact) mass is 441 g/mol. The fraction of sp³-hybridized carbons (Fsp3) is 0.640. The summed E-state index contributed by atoms with van der Waals surface area (Å²) in [5, 5.41) is 2.97. The molecule has 0 spiro atoms. The van der Waals surface area contributed by atoms with Crippen molar-refractivity contribution in [3.8, 4) is 11.5 Å². The molecule has 7 heteroatoms. The lowest BCUT2D eigenvalue weighted by Crippen LogP contribution is -2.53. The molecule has 1 aliphatic heterocycles. The summed E-state index contributed by atoms with van der Waals surface area (Å²) in [5.74, 6) is 2.57. The molecule has 0 unspecified atom stereocenters. The van der Waals surface area contributed by atoms with Gasteiger partial charge in [-0.3, -0.25) is 14.4 Å². The van der Waals surface area contributed by atoms with Gasteiger partial charge in [0.05, 0.1) is 19.6 Å². The van der Waals surface area contributed by atoms with Crippen LogP contribution in [0.5, 0.6) is 11.5 Å². The van der Waals surface area contributed by atoms with Gasteiger partial charge in [-0.05, 0) is 74.5 Å². The predicted octanol–water partition coefficient (Wildman–Crippen LogP) is 3.30. The van der Waals surface area contributed by atoms with Crippen LogP contribution in [-0.2, 0) is 14.3 Å². The number of esters is 1. The first kappa shape index (κ1) is 21.3. The van der Waals surface area contributed by atoms with E-state index in [4.69, 9.17) is 14.2 Å². The Labute approximate surface area is 188 Å². The van der Waals surface area contributed by atoms with Gasteiger partial charge in [0.2, 0.25) is 5.91 Å². The van der Waals surface area contributed by atoms with Crippen LogP contribution in [0.4, 0.5) is 0 Å². The number of fused-ring (bicyclic) bond motifs is 1. The molecule has 0 atom stereocenters. The zero-order valence-electron chi connectivity index (χ0n) is 18.4. The molecule has 1 N–H and O–H groups in total. The van der Waals surface area contributed by atoms with Crippen molar-refractivity contribution in [2.45, 2.75) is 51.4 Å². The lowest BCUT2D eigenvalue weighted by atomic mass is 9.49. The van der Waals surface area contributed by atoms with Crippen LogP contribution in [0, 0.1) is 23.2 Å². The Balaban J connectivity index is 1.06. The number of hydrogen-bond acceptors (Lipinski definition) is 6. The molecule has 0 radical (unpaired) electrons. The van der Waals surface area contributed by atoms with Crippen molar-refractivity contribution in [1.82, 2.24) is 5.32 Å². The third kappa shape index (κ3) is 4.34. The molecule has 172 valence electrons. The van der Waals surface area contributed by atoms with Gasteiger partial charge in [0.25, 0.3) is 0 Å². The van der Waals surface area contributed by atoms with Crippen LogP contribution in [-0.4, -0.2) is 44.0 Å². The maximum Gasteiger partial charge on any atom is 0.308 e. The van der Waals surface area contributed by atoms with Crippen LogP contribution >= 0.6 is 0 Å². The zero-order valence-corrected chi connectivity index (χ0v) is 18.4. The van der Waals surface area contributed by atoms with Crippen LogP contribution in [0.2, 0.25) is 0 Å². The number of ketones is 1. The molecule has 5 aliphatic rings. The predicted molar refractivity (Wildman–Crippen MR) is 116 cm³/mol. The minimum absolute atomic E-state index is 0.0620. The van der Waals surface area contributed by atoms with E-state index in [0.29, 0.717) is 48.0 Å². The first-order chi connectivity index (χ1) is 15.5. The molecule has 7 nitrogen and oxygen atoms in total. The second kappa shape index (κ2) is 8.75. The average Bonchev–Trinajstić information content (AvgIpc) is 3.01. The molecule has 1 amide bonds. The maximum atomic E-state index is 12.9. The number of benzene rings is 1. The molecule has 4 fully saturated rings. The molecule has 0 aromatic heterocycles. The quantitative estimate of drug-likeness (QED) is 0.516. The number of nitrogens with one attached hydrogen (secondary N) is 1. The van der Waals surface area contributed by atoms with Crippen molar-refractivity contribution in [2.24, 2.45) is 23.2 Å². The number of rotatable bonds is 7. The summed E-state index contributed by atoms with van der Waals surface area (Å²) >= 11 is 0. The third-order valence-electron chi connectivity index (χ3n) is 7.57. The number of hydrogen-bond donors (Lipinski definition) is 1. The zero-order chi connectivity index (χ0) is 22.1. The van der Waals surface area contributed by atoms with E-state index < -0.39 is 5.97 Å². The highest BCUT2D eigenvalue weighted by atomic mass is 16.5.